The quantitative estimate of drug-likeness (QED) is 0.456. The molecule has 0 saturated carbocycles. The molecule has 3 aromatic rings. The largest absolute Gasteiger partial charge is 0.573 e. The molecule has 7 nitrogen and oxygen atoms in total. The van der Waals surface area contributed by atoms with Crippen molar-refractivity contribution in [3.8, 4) is 17.4 Å². The van der Waals surface area contributed by atoms with E-state index in [1.165, 1.54) is 48.7 Å². The summed E-state index contributed by atoms with van der Waals surface area (Å²) in [6, 6.07) is 12.7. The van der Waals surface area contributed by atoms with E-state index in [1.807, 2.05) is 0 Å². The predicted octanol–water partition coefficient (Wildman–Crippen LogP) is 4.87. The fraction of sp³-hybridized carbons (Fsp3) is 0.143. The van der Waals surface area contributed by atoms with Crippen LogP contribution in [-0.4, -0.2) is 31.9 Å². The third-order valence-corrected chi connectivity index (χ3v) is 5.75. The van der Waals surface area contributed by atoms with Gasteiger partial charge in [0.15, 0.2) is 9.84 Å². The number of hydrogen-bond acceptors (Lipinski definition) is 6. The summed E-state index contributed by atoms with van der Waals surface area (Å²) in [5, 5.41) is 2.51. The smallest absolute Gasteiger partial charge is 0.439 e. The number of hydrogen-bond donors (Lipinski definition) is 1. The Kier molecular flexibility index (Phi) is 7.28. The van der Waals surface area contributed by atoms with Crippen molar-refractivity contribution < 1.29 is 35.9 Å². The Hall–Kier alpha value is -3.12. The van der Waals surface area contributed by atoms with Crippen molar-refractivity contribution in [2.24, 2.45) is 0 Å². The van der Waals surface area contributed by atoms with Gasteiger partial charge in [0, 0.05) is 35.1 Å². The topological polar surface area (TPSA) is 94.6 Å². The molecule has 0 aliphatic heterocycles. The third kappa shape index (κ3) is 7.19. The van der Waals surface area contributed by atoms with Gasteiger partial charge in [-0.15, -0.1) is 13.2 Å². The number of carbonyl (C=O) groups is 1. The lowest BCUT2D eigenvalue weighted by molar-refractivity contribution is -0.274. The molecule has 0 saturated heterocycles. The Morgan fingerprint density at radius 3 is 2.52 bits per heavy atom. The van der Waals surface area contributed by atoms with Crippen LogP contribution in [0.4, 0.5) is 13.2 Å². The summed E-state index contributed by atoms with van der Waals surface area (Å²) in [5.74, 6) is -0.648. The average molecular weight is 545 g/mol. The molecule has 174 valence electrons. The molecular weight excluding hydrogens is 529 g/mol. The van der Waals surface area contributed by atoms with Gasteiger partial charge in [0.05, 0.1) is 10.5 Å². The second-order valence-electron chi connectivity index (χ2n) is 6.72. The van der Waals surface area contributed by atoms with Crippen LogP contribution in [0.5, 0.6) is 17.4 Å². The summed E-state index contributed by atoms with van der Waals surface area (Å²) in [4.78, 5) is 16.5. The minimum Gasteiger partial charge on any atom is -0.439 e. The lowest BCUT2D eigenvalue weighted by Gasteiger charge is -2.14. The molecule has 12 heteroatoms. The van der Waals surface area contributed by atoms with Crippen LogP contribution >= 0.6 is 15.9 Å². The Balaban J connectivity index is 1.66. The molecule has 1 aromatic heterocycles. The van der Waals surface area contributed by atoms with E-state index >= 15 is 0 Å². The Morgan fingerprint density at radius 2 is 1.88 bits per heavy atom. The summed E-state index contributed by atoms with van der Waals surface area (Å²) >= 11 is 3.08. The van der Waals surface area contributed by atoms with E-state index in [4.69, 9.17) is 4.74 Å². The van der Waals surface area contributed by atoms with Crippen LogP contribution in [-0.2, 0) is 16.4 Å². The summed E-state index contributed by atoms with van der Waals surface area (Å²) < 4.78 is 71.1. The SMILES string of the molecule is CS(=O)(=O)c1cccc(Oc2ccc(C(=O)NCc3ccc(Br)cc3OC(F)(F)F)cn2)c1. The van der Waals surface area contributed by atoms with Crippen molar-refractivity contribution in [2.45, 2.75) is 17.8 Å². The third-order valence-electron chi connectivity index (χ3n) is 4.15. The number of halogens is 4. The summed E-state index contributed by atoms with van der Waals surface area (Å²) in [5.41, 5.74) is 0.269. The first-order valence-electron chi connectivity index (χ1n) is 9.17. The van der Waals surface area contributed by atoms with E-state index in [2.05, 4.69) is 31.0 Å². The highest BCUT2D eigenvalue weighted by molar-refractivity contribution is 9.10. The zero-order chi connectivity index (χ0) is 24.2. The van der Waals surface area contributed by atoms with Gasteiger partial charge in [0.2, 0.25) is 5.88 Å². The maximum atomic E-state index is 12.6. The standard InChI is InChI=1S/C21H16BrF3N2O5S/c1-33(29,30)17-4-2-3-16(10-17)31-19-8-6-14(12-26-19)20(28)27-11-13-5-7-15(22)9-18(13)32-21(23,24)25/h2-10,12H,11H2,1H3,(H,27,28). The second-order valence-corrected chi connectivity index (χ2v) is 9.65. The van der Waals surface area contributed by atoms with E-state index in [0.717, 1.165) is 12.3 Å². The number of rotatable bonds is 7. The highest BCUT2D eigenvalue weighted by Gasteiger charge is 2.32. The molecule has 33 heavy (non-hydrogen) atoms. The number of amides is 1. The van der Waals surface area contributed by atoms with Crippen molar-refractivity contribution in [3.05, 3.63) is 76.4 Å². The maximum absolute atomic E-state index is 12.6. The molecule has 0 aliphatic rings. The number of aromatic nitrogens is 1. The zero-order valence-corrected chi connectivity index (χ0v) is 19.3. The molecule has 2 aromatic carbocycles. The van der Waals surface area contributed by atoms with Crippen LogP contribution in [0.2, 0.25) is 0 Å². The molecule has 0 radical (unpaired) electrons. The lowest BCUT2D eigenvalue weighted by Crippen LogP contribution is -2.24. The molecular formula is C21H16BrF3N2O5S. The molecule has 0 atom stereocenters. The molecule has 1 N–H and O–H groups in total. The number of ether oxygens (including phenoxy) is 2. The normalized spacial score (nSPS) is 11.7. The number of nitrogens with one attached hydrogen (secondary N) is 1. The molecule has 0 bridgehead atoms. The van der Waals surface area contributed by atoms with E-state index in [-0.39, 0.29) is 34.2 Å². The number of benzene rings is 2. The Bertz CT molecular complexity index is 1270. The zero-order valence-electron chi connectivity index (χ0n) is 16.9. The van der Waals surface area contributed by atoms with Gasteiger partial charge in [-0.25, -0.2) is 13.4 Å². The van der Waals surface area contributed by atoms with Crippen LogP contribution in [0.25, 0.3) is 0 Å². The first-order chi connectivity index (χ1) is 15.4. The first kappa shape index (κ1) is 24.5. The minimum atomic E-state index is -4.87. The average Bonchev–Trinajstić information content (AvgIpc) is 2.72. The molecule has 0 spiro atoms. The second kappa shape index (κ2) is 9.79. The monoisotopic (exact) mass is 544 g/mol. The van der Waals surface area contributed by atoms with Gasteiger partial charge >= 0.3 is 6.36 Å². The van der Waals surface area contributed by atoms with Crippen molar-refractivity contribution >= 4 is 31.7 Å². The van der Waals surface area contributed by atoms with Gasteiger partial charge in [-0.2, -0.15) is 0 Å². The highest BCUT2D eigenvalue weighted by atomic mass is 79.9. The van der Waals surface area contributed by atoms with Crippen molar-refractivity contribution in [3.63, 3.8) is 0 Å². The number of carbonyl (C=O) groups excluding carboxylic acids is 1. The molecule has 0 aliphatic carbocycles. The molecule has 1 heterocycles. The number of alkyl halides is 3. The molecule has 1 amide bonds. The van der Waals surface area contributed by atoms with Crippen molar-refractivity contribution in [2.75, 3.05) is 6.26 Å². The number of sulfone groups is 1. The van der Waals surface area contributed by atoms with E-state index in [9.17, 15) is 26.4 Å². The van der Waals surface area contributed by atoms with Gasteiger partial charge in [-0.1, -0.05) is 28.1 Å². The van der Waals surface area contributed by atoms with Crippen LogP contribution in [0.3, 0.4) is 0 Å². The van der Waals surface area contributed by atoms with Gasteiger partial charge in [-0.05, 0) is 36.4 Å². The van der Waals surface area contributed by atoms with Crippen LogP contribution < -0.4 is 14.8 Å². The Labute approximate surface area is 195 Å². The van der Waals surface area contributed by atoms with E-state index in [1.54, 1.807) is 6.07 Å². The van der Waals surface area contributed by atoms with Gasteiger partial charge in [0.25, 0.3) is 5.91 Å². The van der Waals surface area contributed by atoms with Crippen molar-refractivity contribution in [1.82, 2.24) is 10.3 Å². The summed E-state index contributed by atoms with van der Waals surface area (Å²) in [6.45, 7) is -0.214. The van der Waals surface area contributed by atoms with E-state index in [0.29, 0.717) is 4.47 Å². The van der Waals surface area contributed by atoms with Crippen molar-refractivity contribution in [1.29, 1.82) is 0 Å². The molecule has 0 fully saturated rings. The van der Waals surface area contributed by atoms with E-state index < -0.39 is 27.9 Å². The first-order valence-corrected chi connectivity index (χ1v) is 11.9. The van der Waals surface area contributed by atoms with Crippen LogP contribution in [0, 0.1) is 0 Å². The maximum Gasteiger partial charge on any atom is 0.573 e. The van der Waals surface area contributed by atoms with Crippen LogP contribution in [0.15, 0.2) is 70.2 Å². The predicted molar refractivity (Wildman–Crippen MR) is 116 cm³/mol. The van der Waals surface area contributed by atoms with Gasteiger partial charge < -0.3 is 14.8 Å². The summed E-state index contributed by atoms with van der Waals surface area (Å²) in [7, 11) is -3.41. The Morgan fingerprint density at radius 1 is 1.12 bits per heavy atom. The molecule has 3 rings (SSSR count). The minimum absolute atomic E-state index is 0.0813. The summed E-state index contributed by atoms with van der Waals surface area (Å²) in [6.07, 6.45) is -2.58. The fourth-order valence-electron chi connectivity index (χ4n) is 2.64. The molecule has 0 unspecified atom stereocenters. The van der Waals surface area contributed by atoms with Crippen LogP contribution in [0.1, 0.15) is 15.9 Å². The van der Waals surface area contributed by atoms with Gasteiger partial charge in [-0.3, -0.25) is 4.79 Å². The fourth-order valence-corrected chi connectivity index (χ4v) is 3.63. The number of nitrogens with zero attached hydrogens (tertiary/aromatic N) is 1. The van der Waals surface area contributed by atoms with Gasteiger partial charge in [0.1, 0.15) is 11.5 Å². The highest BCUT2D eigenvalue weighted by Crippen LogP contribution is 2.29. The number of pyridine rings is 1. The lowest BCUT2D eigenvalue weighted by atomic mass is 10.2.